The lowest BCUT2D eigenvalue weighted by atomic mass is 10.1. The third-order valence-corrected chi connectivity index (χ3v) is 6.08. The Morgan fingerprint density at radius 1 is 0.875 bits per heavy atom. The van der Waals surface area contributed by atoms with Gasteiger partial charge in [0, 0.05) is 38.3 Å². The molecule has 2 aliphatic rings. The maximum absolute atomic E-state index is 13.5. The molecule has 2 aromatic carbocycles. The van der Waals surface area contributed by atoms with E-state index in [9.17, 15) is 9.59 Å². The number of nitrogens with zero attached hydrogens (tertiary/aromatic N) is 4. The van der Waals surface area contributed by atoms with Crippen LogP contribution in [-0.2, 0) is 9.53 Å². The van der Waals surface area contributed by atoms with Crippen LogP contribution in [0.25, 0.3) is 16.9 Å². The molecule has 2 saturated heterocycles. The van der Waals surface area contributed by atoms with Crippen LogP contribution in [0.15, 0.2) is 66.7 Å². The summed E-state index contributed by atoms with van der Waals surface area (Å²) in [5.41, 5.74) is 3.08. The van der Waals surface area contributed by atoms with Crippen LogP contribution in [0.3, 0.4) is 0 Å². The summed E-state index contributed by atoms with van der Waals surface area (Å²) in [6.07, 6.45) is 1.41. The minimum absolute atomic E-state index is 0.0512. The summed E-state index contributed by atoms with van der Waals surface area (Å²) < 4.78 is 7.25. The smallest absolute Gasteiger partial charge is 0.272 e. The molecule has 2 fully saturated rings. The molecule has 2 aliphatic heterocycles. The monoisotopic (exact) mass is 430 g/mol. The summed E-state index contributed by atoms with van der Waals surface area (Å²) in [7, 11) is 0. The van der Waals surface area contributed by atoms with Gasteiger partial charge in [-0.15, -0.1) is 0 Å². The fraction of sp³-hybridized carbons (Fsp3) is 0.320. The molecule has 164 valence electrons. The molecule has 0 spiro atoms. The molecule has 0 N–H and O–H groups in total. The number of rotatable bonds is 4. The van der Waals surface area contributed by atoms with Crippen LogP contribution in [0.5, 0.6) is 0 Å². The molecular weight excluding hydrogens is 404 g/mol. The van der Waals surface area contributed by atoms with Gasteiger partial charge in [-0.3, -0.25) is 9.59 Å². The van der Waals surface area contributed by atoms with Crippen molar-refractivity contribution in [3.63, 3.8) is 0 Å². The molecule has 7 heteroatoms. The highest BCUT2D eigenvalue weighted by molar-refractivity contribution is 5.94. The standard InChI is InChI=1S/C25H26N4O3/c30-24(27-13-15-28(16-14-27)25(31)23-12-7-17-32-23)22-18-21(19-8-3-1-4-9-19)26-29(22)20-10-5-2-6-11-20/h1-6,8-11,18,23H,7,12-17H2. The average Bonchev–Trinajstić information content (AvgIpc) is 3.55. The zero-order valence-corrected chi connectivity index (χ0v) is 17.9. The largest absolute Gasteiger partial charge is 0.368 e. The third-order valence-electron chi connectivity index (χ3n) is 6.08. The Morgan fingerprint density at radius 2 is 1.53 bits per heavy atom. The predicted octanol–water partition coefficient (Wildman–Crippen LogP) is 3.00. The fourth-order valence-electron chi connectivity index (χ4n) is 4.32. The Hall–Kier alpha value is -3.45. The van der Waals surface area contributed by atoms with E-state index in [2.05, 4.69) is 0 Å². The van der Waals surface area contributed by atoms with E-state index in [4.69, 9.17) is 9.84 Å². The topological polar surface area (TPSA) is 67.7 Å². The maximum Gasteiger partial charge on any atom is 0.272 e. The van der Waals surface area contributed by atoms with Gasteiger partial charge in [-0.25, -0.2) is 4.68 Å². The molecule has 0 aliphatic carbocycles. The van der Waals surface area contributed by atoms with Crippen LogP contribution >= 0.6 is 0 Å². The van der Waals surface area contributed by atoms with Gasteiger partial charge in [0.1, 0.15) is 11.8 Å². The molecule has 32 heavy (non-hydrogen) atoms. The first-order valence-corrected chi connectivity index (χ1v) is 11.1. The lowest BCUT2D eigenvalue weighted by molar-refractivity contribution is -0.142. The van der Waals surface area contributed by atoms with Crippen molar-refractivity contribution in [2.75, 3.05) is 32.8 Å². The Bertz CT molecular complexity index is 1080. The quantitative estimate of drug-likeness (QED) is 0.638. The second-order valence-corrected chi connectivity index (χ2v) is 8.15. The minimum Gasteiger partial charge on any atom is -0.368 e. The molecule has 0 bridgehead atoms. The second kappa shape index (κ2) is 8.96. The van der Waals surface area contributed by atoms with E-state index in [1.165, 1.54) is 0 Å². The van der Waals surface area contributed by atoms with E-state index in [1.54, 1.807) is 4.68 Å². The average molecular weight is 431 g/mol. The number of benzene rings is 2. The molecule has 7 nitrogen and oxygen atoms in total. The van der Waals surface area contributed by atoms with E-state index < -0.39 is 0 Å². The number of aromatic nitrogens is 2. The summed E-state index contributed by atoms with van der Waals surface area (Å²) in [6.45, 7) is 2.70. The summed E-state index contributed by atoms with van der Waals surface area (Å²) in [5, 5.41) is 4.75. The van der Waals surface area contributed by atoms with Crippen molar-refractivity contribution in [3.8, 4) is 16.9 Å². The van der Waals surface area contributed by atoms with Gasteiger partial charge in [-0.05, 0) is 31.0 Å². The predicted molar refractivity (Wildman–Crippen MR) is 120 cm³/mol. The SMILES string of the molecule is O=C(c1cc(-c2ccccc2)nn1-c1ccccc1)N1CCN(C(=O)C2CCCO2)CC1. The van der Waals surface area contributed by atoms with Crippen molar-refractivity contribution in [1.29, 1.82) is 0 Å². The van der Waals surface area contributed by atoms with Gasteiger partial charge in [0.2, 0.25) is 0 Å². The highest BCUT2D eigenvalue weighted by atomic mass is 16.5. The Balaban J connectivity index is 1.37. The zero-order chi connectivity index (χ0) is 21.9. The number of amides is 2. The fourth-order valence-corrected chi connectivity index (χ4v) is 4.32. The molecule has 3 heterocycles. The highest BCUT2D eigenvalue weighted by Crippen LogP contribution is 2.23. The van der Waals surface area contributed by atoms with Crippen molar-refractivity contribution in [2.24, 2.45) is 0 Å². The number of piperazine rings is 1. The summed E-state index contributed by atoms with van der Waals surface area (Å²) >= 11 is 0. The molecule has 1 aromatic heterocycles. The second-order valence-electron chi connectivity index (χ2n) is 8.15. The molecule has 1 unspecified atom stereocenters. The van der Waals surface area contributed by atoms with Gasteiger partial charge >= 0.3 is 0 Å². The number of hydrogen-bond acceptors (Lipinski definition) is 4. The number of hydrogen-bond donors (Lipinski definition) is 0. The van der Waals surface area contributed by atoms with Crippen LogP contribution in [0.4, 0.5) is 0 Å². The first kappa shape index (κ1) is 20.5. The number of carbonyl (C=O) groups excluding carboxylic acids is 2. The van der Waals surface area contributed by atoms with E-state index >= 15 is 0 Å². The van der Waals surface area contributed by atoms with Gasteiger partial charge in [0.25, 0.3) is 11.8 Å². The Kier molecular flexibility index (Phi) is 5.73. The summed E-state index contributed by atoms with van der Waals surface area (Å²) in [5.74, 6) is -0.0250. The van der Waals surface area contributed by atoms with Crippen LogP contribution in [0.2, 0.25) is 0 Å². The number of ether oxygens (including phenoxy) is 1. The normalized spacial score (nSPS) is 18.7. The summed E-state index contributed by atoms with van der Waals surface area (Å²) in [4.78, 5) is 29.8. The van der Waals surface area contributed by atoms with Crippen molar-refractivity contribution in [1.82, 2.24) is 19.6 Å². The van der Waals surface area contributed by atoms with Crippen LogP contribution in [-0.4, -0.2) is 70.3 Å². The van der Waals surface area contributed by atoms with Gasteiger partial charge in [-0.1, -0.05) is 48.5 Å². The lowest BCUT2D eigenvalue weighted by Crippen LogP contribution is -2.53. The molecule has 0 radical (unpaired) electrons. The van der Waals surface area contributed by atoms with Crippen LogP contribution < -0.4 is 0 Å². The van der Waals surface area contributed by atoms with Crippen LogP contribution in [0, 0.1) is 0 Å². The Morgan fingerprint density at radius 3 is 2.19 bits per heavy atom. The van der Waals surface area contributed by atoms with Gasteiger partial charge in [0.05, 0.1) is 11.4 Å². The van der Waals surface area contributed by atoms with Crippen molar-refractivity contribution in [2.45, 2.75) is 18.9 Å². The van der Waals surface area contributed by atoms with Crippen molar-refractivity contribution >= 4 is 11.8 Å². The highest BCUT2D eigenvalue weighted by Gasteiger charge is 2.32. The molecule has 5 rings (SSSR count). The van der Waals surface area contributed by atoms with Crippen molar-refractivity contribution < 1.29 is 14.3 Å². The number of carbonyl (C=O) groups is 2. The van der Waals surface area contributed by atoms with Gasteiger partial charge < -0.3 is 14.5 Å². The van der Waals surface area contributed by atoms with Gasteiger partial charge in [0.15, 0.2) is 0 Å². The molecule has 2 amide bonds. The lowest BCUT2D eigenvalue weighted by Gasteiger charge is -2.35. The van der Waals surface area contributed by atoms with E-state index in [0.29, 0.717) is 38.5 Å². The van der Waals surface area contributed by atoms with Gasteiger partial charge in [-0.2, -0.15) is 5.10 Å². The van der Waals surface area contributed by atoms with E-state index in [0.717, 1.165) is 29.8 Å². The first-order valence-electron chi connectivity index (χ1n) is 11.1. The number of para-hydroxylation sites is 1. The zero-order valence-electron chi connectivity index (χ0n) is 17.9. The van der Waals surface area contributed by atoms with Crippen LogP contribution in [0.1, 0.15) is 23.3 Å². The molecular formula is C25H26N4O3. The van der Waals surface area contributed by atoms with Crippen molar-refractivity contribution in [3.05, 3.63) is 72.4 Å². The molecule has 1 atom stereocenters. The first-order chi connectivity index (χ1) is 15.7. The third kappa shape index (κ3) is 4.03. The molecule has 3 aromatic rings. The Labute approximate surface area is 187 Å². The molecule has 0 saturated carbocycles. The summed E-state index contributed by atoms with van der Waals surface area (Å²) in [6, 6.07) is 21.4. The van der Waals surface area contributed by atoms with E-state index in [-0.39, 0.29) is 17.9 Å². The maximum atomic E-state index is 13.5. The van der Waals surface area contributed by atoms with E-state index in [1.807, 2.05) is 76.5 Å². The minimum atomic E-state index is -0.315.